The third-order valence-electron chi connectivity index (χ3n) is 7.88. The summed E-state index contributed by atoms with van der Waals surface area (Å²) in [5, 5.41) is 23.4. The average Bonchev–Trinajstić information content (AvgIpc) is 3.19. The highest BCUT2D eigenvalue weighted by atomic mass is 16.3. The van der Waals surface area contributed by atoms with Crippen molar-refractivity contribution in [2.75, 3.05) is 0 Å². The van der Waals surface area contributed by atoms with Gasteiger partial charge in [-0.3, -0.25) is 4.68 Å². The molecule has 3 aliphatic rings. The summed E-state index contributed by atoms with van der Waals surface area (Å²) in [6.45, 7) is 4.43. The summed E-state index contributed by atoms with van der Waals surface area (Å²) >= 11 is 0. The van der Waals surface area contributed by atoms with Gasteiger partial charge in [-0.2, -0.15) is 15.3 Å². The minimum Gasteiger partial charge on any atom is -0.508 e. The van der Waals surface area contributed by atoms with Gasteiger partial charge in [-0.15, -0.1) is 0 Å². The summed E-state index contributed by atoms with van der Waals surface area (Å²) in [7, 11) is 1.93. The van der Waals surface area contributed by atoms with E-state index in [1.54, 1.807) is 0 Å². The molecule has 5 rings (SSSR count). The number of hydrogen-bond acceptors (Lipinski definition) is 4. The molecule has 0 aliphatic heterocycles. The van der Waals surface area contributed by atoms with Gasteiger partial charge in [0.25, 0.3) is 0 Å². The van der Waals surface area contributed by atoms with E-state index in [1.165, 1.54) is 42.5 Å². The Morgan fingerprint density at radius 1 is 1.24 bits per heavy atom. The number of aromatic hydroxyl groups is 1. The van der Waals surface area contributed by atoms with Crippen molar-refractivity contribution in [1.29, 1.82) is 0 Å². The van der Waals surface area contributed by atoms with Gasteiger partial charge in [-0.25, -0.2) is 0 Å². The van der Waals surface area contributed by atoms with Crippen molar-refractivity contribution in [3.05, 3.63) is 46.8 Å². The van der Waals surface area contributed by atoms with Crippen LogP contribution in [0.25, 0.3) is 0 Å². The van der Waals surface area contributed by atoms with Crippen molar-refractivity contribution >= 4 is 11.9 Å². The molecule has 2 aromatic rings. The molecule has 0 radical (unpaired) electrons. The molecule has 0 saturated heterocycles. The molecule has 1 heterocycles. The predicted molar refractivity (Wildman–Crippen MR) is 116 cm³/mol. The first kappa shape index (κ1) is 18.6. The Kier molecular flexibility index (Phi) is 4.37. The first-order valence-corrected chi connectivity index (χ1v) is 10.9. The fourth-order valence-corrected chi connectivity index (χ4v) is 6.43. The van der Waals surface area contributed by atoms with Crippen LogP contribution in [0.4, 0.5) is 0 Å². The normalized spacial score (nSPS) is 32.4. The van der Waals surface area contributed by atoms with Gasteiger partial charge >= 0.3 is 0 Å². The number of aromatic nitrogens is 2. The van der Waals surface area contributed by atoms with E-state index in [2.05, 4.69) is 23.2 Å². The van der Waals surface area contributed by atoms with Crippen molar-refractivity contribution in [1.82, 2.24) is 9.78 Å². The van der Waals surface area contributed by atoms with Gasteiger partial charge in [-0.1, -0.05) is 13.0 Å². The molecule has 152 valence electrons. The molecule has 5 heteroatoms. The van der Waals surface area contributed by atoms with Crippen LogP contribution >= 0.6 is 0 Å². The Balaban J connectivity index is 1.39. The number of fused-ring (bicyclic) bond motifs is 5. The second kappa shape index (κ2) is 6.82. The maximum absolute atomic E-state index is 9.86. The Morgan fingerprint density at radius 2 is 2.10 bits per heavy atom. The van der Waals surface area contributed by atoms with E-state index < -0.39 is 0 Å². The third-order valence-corrected chi connectivity index (χ3v) is 7.88. The first-order valence-electron chi connectivity index (χ1n) is 10.9. The standard InChI is InChI=1S/C24H30N4O/c1-15-17(14-28(3)27-15)13-25-26-23-9-8-22-21-6-4-16-12-18(29)5-7-19(16)20(21)10-11-24(22,23)2/h5,7,12-14,20-22,29H,4,6,8-11H2,1-3H3/b25-13+,26-23+/t20?,21?,22?,24-/m1/s1. The Bertz CT molecular complexity index is 1000. The number of hydrogen-bond donors (Lipinski definition) is 1. The lowest BCUT2D eigenvalue weighted by molar-refractivity contribution is 0.0955. The number of benzene rings is 1. The summed E-state index contributed by atoms with van der Waals surface area (Å²) in [6.07, 6.45) is 10.8. The minimum absolute atomic E-state index is 0.177. The molecule has 1 aromatic carbocycles. The zero-order chi connectivity index (χ0) is 20.2. The van der Waals surface area contributed by atoms with E-state index in [9.17, 15) is 5.11 Å². The smallest absolute Gasteiger partial charge is 0.115 e. The van der Waals surface area contributed by atoms with Gasteiger partial charge in [0, 0.05) is 29.9 Å². The van der Waals surface area contributed by atoms with Crippen molar-refractivity contribution < 1.29 is 5.11 Å². The molecule has 2 saturated carbocycles. The van der Waals surface area contributed by atoms with Gasteiger partial charge in [0.2, 0.25) is 0 Å². The fraction of sp³-hybridized carbons (Fsp3) is 0.542. The van der Waals surface area contributed by atoms with Crippen LogP contribution in [-0.4, -0.2) is 26.8 Å². The predicted octanol–water partition coefficient (Wildman–Crippen LogP) is 4.77. The lowest BCUT2D eigenvalue weighted by Crippen LogP contribution is -2.42. The molecular weight excluding hydrogens is 360 g/mol. The summed E-state index contributed by atoms with van der Waals surface area (Å²) < 4.78 is 1.82. The van der Waals surface area contributed by atoms with Crippen molar-refractivity contribution in [3.63, 3.8) is 0 Å². The van der Waals surface area contributed by atoms with Crippen LogP contribution in [0.15, 0.2) is 34.6 Å². The van der Waals surface area contributed by atoms with E-state index in [0.29, 0.717) is 17.6 Å². The van der Waals surface area contributed by atoms with Gasteiger partial charge in [0.15, 0.2) is 0 Å². The molecule has 1 N–H and O–H groups in total. The maximum atomic E-state index is 9.86. The Hall–Kier alpha value is -2.43. The molecule has 2 fully saturated rings. The van der Waals surface area contributed by atoms with E-state index >= 15 is 0 Å². The van der Waals surface area contributed by atoms with Crippen molar-refractivity contribution in [2.24, 2.45) is 34.5 Å². The molecule has 4 atom stereocenters. The average molecular weight is 391 g/mol. The third kappa shape index (κ3) is 3.02. The van der Waals surface area contributed by atoms with Crippen LogP contribution in [-0.2, 0) is 13.5 Å². The van der Waals surface area contributed by atoms with Crippen LogP contribution < -0.4 is 0 Å². The number of rotatable bonds is 2. The molecule has 3 unspecified atom stereocenters. The highest BCUT2D eigenvalue weighted by Gasteiger charge is 2.53. The summed E-state index contributed by atoms with van der Waals surface area (Å²) in [4.78, 5) is 0. The molecule has 29 heavy (non-hydrogen) atoms. The van der Waals surface area contributed by atoms with E-state index in [1.807, 2.05) is 43.2 Å². The van der Waals surface area contributed by atoms with Crippen LogP contribution in [0.2, 0.25) is 0 Å². The quantitative estimate of drug-likeness (QED) is 0.593. The summed E-state index contributed by atoms with van der Waals surface area (Å²) in [5.74, 6) is 2.46. The largest absolute Gasteiger partial charge is 0.508 e. The topological polar surface area (TPSA) is 62.8 Å². The zero-order valence-electron chi connectivity index (χ0n) is 17.6. The van der Waals surface area contributed by atoms with Crippen LogP contribution in [0.3, 0.4) is 0 Å². The van der Waals surface area contributed by atoms with E-state index in [4.69, 9.17) is 5.10 Å². The van der Waals surface area contributed by atoms with E-state index in [-0.39, 0.29) is 5.41 Å². The number of phenols is 1. The highest BCUT2D eigenvalue weighted by molar-refractivity contribution is 5.93. The summed E-state index contributed by atoms with van der Waals surface area (Å²) in [5.41, 5.74) is 6.33. The lowest BCUT2D eigenvalue weighted by atomic mass is 9.55. The maximum Gasteiger partial charge on any atom is 0.115 e. The Labute approximate surface area is 172 Å². The number of aryl methyl sites for hydroxylation is 3. The van der Waals surface area contributed by atoms with Gasteiger partial charge in [0.1, 0.15) is 5.75 Å². The van der Waals surface area contributed by atoms with Gasteiger partial charge in [0.05, 0.1) is 11.9 Å². The van der Waals surface area contributed by atoms with Crippen molar-refractivity contribution in [2.45, 2.75) is 58.3 Å². The summed E-state index contributed by atoms with van der Waals surface area (Å²) in [6, 6.07) is 6.02. The Morgan fingerprint density at radius 3 is 2.90 bits per heavy atom. The molecule has 0 bridgehead atoms. The second-order valence-electron chi connectivity index (χ2n) is 9.43. The molecule has 3 aliphatic carbocycles. The number of phenolic OH excluding ortho intramolecular Hbond substituents is 1. The molecule has 1 aromatic heterocycles. The monoisotopic (exact) mass is 390 g/mol. The van der Waals surface area contributed by atoms with Crippen LogP contribution in [0.5, 0.6) is 5.75 Å². The van der Waals surface area contributed by atoms with Gasteiger partial charge < -0.3 is 5.11 Å². The zero-order valence-corrected chi connectivity index (χ0v) is 17.6. The van der Waals surface area contributed by atoms with Crippen molar-refractivity contribution in [3.8, 4) is 5.75 Å². The molecule has 0 spiro atoms. The first-order chi connectivity index (χ1) is 14.0. The van der Waals surface area contributed by atoms with E-state index in [0.717, 1.165) is 30.0 Å². The molecule has 0 amide bonds. The SMILES string of the molecule is Cc1nn(C)cc1/C=N/N=C1\CCC2C3CCc4cc(O)ccc4C3CC[C@@]12C. The fourth-order valence-electron chi connectivity index (χ4n) is 6.43. The van der Waals surface area contributed by atoms with Gasteiger partial charge in [-0.05, 0) is 86.5 Å². The minimum atomic E-state index is 0.177. The second-order valence-corrected chi connectivity index (χ2v) is 9.43. The van der Waals surface area contributed by atoms with Crippen LogP contribution in [0, 0.1) is 24.2 Å². The molecule has 5 nitrogen and oxygen atoms in total. The number of nitrogens with zero attached hydrogens (tertiary/aromatic N) is 4. The molecular formula is C24H30N4O. The highest BCUT2D eigenvalue weighted by Crippen LogP contribution is 2.60. The lowest BCUT2D eigenvalue weighted by Gasteiger charge is -2.49. The van der Waals surface area contributed by atoms with Crippen LogP contribution in [0.1, 0.15) is 67.3 Å².